The average molecular weight is 324 g/mol. The van der Waals surface area contributed by atoms with Crippen molar-refractivity contribution in [3.8, 4) is 17.2 Å². The van der Waals surface area contributed by atoms with Gasteiger partial charge in [0.05, 0.1) is 7.11 Å². The van der Waals surface area contributed by atoms with Crippen LogP contribution >= 0.6 is 0 Å². The molecule has 2 heterocycles. The lowest BCUT2D eigenvalue weighted by molar-refractivity contribution is -0.126. The van der Waals surface area contributed by atoms with E-state index in [0.717, 1.165) is 11.1 Å². The van der Waals surface area contributed by atoms with E-state index in [9.17, 15) is 9.90 Å². The predicted octanol–water partition coefficient (Wildman–Crippen LogP) is 3.77. The van der Waals surface area contributed by atoms with Crippen LogP contribution in [0.15, 0.2) is 48.5 Å². The number of benzene rings is 2. The minimum Gasteiger partial charge on any atom is -0.493 e. The maximum atomic E-state index is 12.0. The van der Waals surface area contributed by atoms with E-state index in [0.29, 0.717) is 36.5 Å². The van der Waals surface area contributed by atoms with E-state index >= 15 is 0 Å². The van der Waals surface area contributed by atoms with Crippen LogP contribution in [0.2, 0.25) is 0 Å². The highest BCUT2D eigenvalue weighted by Gasteiger charge is 2.15. The fourth-order valence-electron chi connectivity index (χ4n) is 2.65. The fourth-order valence-corrected chi connectivity index (χ4v) is 2.65. The Bertz CT molecular complexity index is 747. The van der Waals surface area contributed by atoms with Crippen molar-refractivity contribution in [3.05, 3.63) is 59.7 Å². The van der Waals surface area contributed by atoms with Crippen molar-refractivity contribution in [2.45, 2.75) is 25.4 Å². The summed E-state index contributed by atoms with van der Waals surface area (Å²) in [6, 6.07) is 13.1. The number of carbonyl (C=O) groups is 1. The Labute approximate surface area is 141 Å². The third-order valence-corrected chi connectivity index (χ3v) is 4.01. The van der Waals surface area contributed by atoms with Crippen LogP contribution in [0.4, 0.5) is 0 Å². The zero-order chi connectivity index (χ0) is 16.9. The van der Waals surface area contributed by atoms with Crippen molar-refractivity contribution >= 4 is 11.9 Å². The van der Waals surface area contributed by atoms with Crippen molar-refractivity contribution in [1.82, 2.24) is 0 Å². The molecule has 0 radical (unpaired) electrons. The molecule has 0 aliphatic carbocycles. The van der Waals surface area contributed by atoms with Gasteiger partial charge in [-0.05, 0) is 41.8 Å². The first-order valence-electron chi connectivity index (χ1n) is 7.98. The Morgan fingerprint density at radius 1 is 1.17 bits per heavy atom. The quantitative estimate of drug-likeness (QED) is 0.867. The van der Waals surface area contributed by atoms with Crippen molar-refractivity contribution in [1.29, 1.82) is 0 Å². The van der Waals surface area contributed by atoms with E-state index in [2.05, 4.69) is 0 Å². The molecule has 0 aromatic heterocycles. The number of fused-ring (bicyclic) bond motifs is 7. The summed E-state index contributed by atoms with van der Waals surface area (Å²) < 4.78 is 11.3. The molecule has 4 bridgehead atoms. The van der Waals surface area contributed by atoms with Gasteiger partial charge in [0.2, 0.25) is 0 Å². The topological polar surface area (TPSA) is 55.8 Å². The normalized spacial score (nSPS) is 19.1. The molecule has 4 rings (SSSR count). The first-order chi connectivity index (χ1) is 11.7. The molecular weight excluding hydrogens is 304 g/mol. The summed E-state index contributed by atoms with van der Waals surface area (Å²) in [5.41, 5.74) is 1.86. The Morgan fingerprint density at radius 3 is 2.71 bits per heavy atom. The second-order valence-corrected chi connectivity index (χ2v) is 5.78. The number of hydrogen-bond donors (Lipinski definition) is 1. The molecule has 2 aliphatic rings. The summed E-state index contributed by atoms with van der Waals surface area (Å²) in [7, 11) is 1.61. The van der Waals surface area contributed by atoms with Crippen LogP contribution in [0.1, 0.15) is 24.0 Å². The third kappa shape index (κ3) is 3.84. The average Bonchev–Trinajstić information content (AvgIpc) is 2.60. The van der Waals surface area contributed by atoms with Crippen LogP contribution in [-0.2, 0) is 11.2 Å². The van der Waals surface area contributed by atoms with E-state index in [4.69, 9.17) is 9.47 Å². The van der Waals surface area contributed by atoms with E-state index < -0.39 is 6.10 Å². The molecule has 1 N–H and O–H groups in total. The van der Waals surface area contributed by atoms with Gasteiger partial charge in [-0.15, -0.1) is 0 Å². The standard InChI is InChI=1S/C20H20O4/c1-23-19-11-8-14-4-2-3-5-17(21)18(22)12-15-6-9-16(10-7-15)24-20(19)13-14/h2,4,6-11,13,18,22H,3,5,12H2,1H3/b4-2-/t18-/m0/s1. The Kier molecular flexibility index (Phi) is 4.96. The largest absolute Gasteiger partial charge is 0.493 e. The third-order valence-electron chi connectivity index (χ3n) is 4.01. The second kappa shape index (κ2) is 7.32. The van der Waals surface area contributed by atoms with Gasteiger partial charge < -0.3 is 14.6 Å². The first kappa shape index (κ1) is 16.3. The monoisotopic (exact) mass is 324 g/mol. The molecule has 0 amide bonds. The van der Waals surface area contributed by atoms with Crippen molar-refractivity contribution in [2.24, 2.45) is 0 Å². The van der Waals surface area contributed by atoms with Crippen LogP contribution in [0, 0.1) is 0 Å². The summed E-state index contributed by atoms with van der Waals surface area (Å²) in [5, 5.41) is 10.0. The van der Waals surface area contributed by atoms with Gasteiger partial charge in [-0.1, -0.05) is 30.4 Å². The molecule has 0 unspecified atom stereocenters. The minimum absolute atomic E-state index is 0.134. The lowest BCUT2D eigenvalue weighted by atomic mass is 10.0. The van der Waals surface area contributed by atoms with Gasteiger partial charge in [0, 0.05) is 12.8 Å². The van der Waals surface area contributed by atoms with Crippen LogP contribution in [0.3, 0.4) is 0 Å². The van der Waals surface area contributed by atoms with Crippen LogP contribution in [0.25, 0.3) is 6.08 Å². The van der Waals surface area contributed by atoms with Gasteiger partial charge >= 0.3 is 0 Å². The summed E-state index contributed by atoms with van der Waals surface area (Å²) in [6.45, 7) is 0. The number of hydrogen-bond acceptors (Lipinski definition) is 4. The summed E-state index contributed by atoms with van der Waals surface area (Å²) in [4.78, 5) is 12.0. The number of Topliss-reactive ketones (excluding diaryl/α,β-unsaturated/α-hetero) is 1. The highest BCUT2D eigenvalue weighted by Crippen LogP contribution is 2.33. The van der Waals surface area contributed by atoms with E-state index in [1.807, 2.05) is 54.6 Å². The van der Waals surface area contributed by atoms with E-state index in [1.54, 1.807) is 7.11 Å². The number of aliphatic hydroxyl groups excluding tert-OH is 1. The van der Waals surface area contributed by atoms with Crippen molar-refractivity contribution < 1.29 is 19.4 Å². The van der Waals surface area contributed by atoms with Crippen molar-refractivity contribution in [2.75, 3.05) is 7.11 Å². The number of ketones is 1. The number of aliphatic hydroxyl groups is 1. The molecule has 124 valence electrons. The van der Waals surface area contributed by atoms with Gasteiger partial charge in [0.1, 0.15) is 11.9 Å². The fraction of sp³-hybridized carbons (Fsp3) is 0.250. The van der Waals surface area contributed by atoms with Gasteiger partial charge in [-0.2, -0.15) is 0 Å². The second-order valence-electron chi connectivity index (χ2n) is 5.78. The molecule has 4 nitrogen and oxygen atoms in total. The maximum Gasteiger partial charge on any atom is 0.169 e. The Hall–Kier alpha value is -2.59. The number of carbonyl (C=O) groups excluding carboxylic acids is 1. The Balaban J connectivity index is 1.97. The van der Waals surface area contributed by atoms with Crippen LogP contribution < -0.4 is 9.47 Å². The van der Waals surface area contributed by atoms with Gasteiger partial charge in [0.25, 0.3) is 0 Å². The predicted molar refractivity (Wildman–Crippen MR) is 92.5 cm³/mol. The smallest absolute Gasteiger partial charge is 0.169 e. The summed E-state index contributed by atoms with van der Waals surface area (Å²) >= 11 is 0. The summed E-state index contributed by atoms with van der Waals surface area (Å²) in [5.74, 6) is 1.84. The lowest BCUT2D eigenvalue weighted by Crippen LogP contribution is -2.22. The zero-order valence-corrected chi connectivity index (χ0v) is 13.6. The highest BCUT2D eigenvalue weighted by atomic mass is 16.5. The van der Waals surface area contributed by atoms with E-state index in [-0.39, 0.29) is 5.78 Å². The number of allylic oxidation sites excluding steroid dienone is 1. The molecule has 0 saturated carbocycles. The maximum absolute atomic E-state index is 12.0. The number of ether oxygens (including phenoxy) is 2. The molecule has 2 aliphatic heterocycles. The molecule has 0 saturated heterocycles. The Morgan fingerprint density at radius 2 is 1.96 bits per heavy atom. The minimum atomic E-state index is -0.962. The molecule has 0 fully saturated rings. The summed E-state index contributed by atoms with van der Waals surface area (Å²) in [6.07, 6.45) is 4.15. The zero-order valence-electron chi connectivity index (χ0n) is 13.6. The molecular formula is C20H20O4. The number of rotatable bonds is 1. The first-order valence-corrected chi connectivity index (χ1v) is 7.98. The van der Waals surface area contributed by atoms with E-state index in [1.165, 1.54) is 0 Å². The van der Waals surface area contributed by atoms with Crippen molar-refractivity contribution in [3.63, 3.8) is 0 Å². The SMILES string of the molecule is COc1ccc2cc1Oc1ccc(cc1)C[C@H](O)C(=O)CC/C=C\2. The van der Waals surface area contributed by atoms with Gasteiger partial charge in [-0.3, -0.25) is 4.79 Å². The number of methoxy groups -OCH3 is 1. The molecule has 2 aromatic rings. The molecule has 24 heavy (non-hydrogen) atoms. The van der Waals surface area contributed by atoms with Gasteiger partial charge in [-0.25, -0.2) is 0 Å². The van der Waals surface area contributed by atoms with Gasteiger partial charge in [0.15, 0.2) is 17.3 Å². The molecule has 0 spiro atoms. The molecule has 2 aromatic carbocycles. The molecule has 1 atom stereocenters. The highest BCUT2D eigenvalue weighted by molar-refractivity contribution is 5.83. The van der Waals surface area contributed by atoms with Crippen LogP contribution in [0.5, 0.6) is 17.2 Å². The molecule has 4 heteroatoms. The van der Waals surface area contributed by atoms with Crippen LogP contribution in [-0.4, -0.2) is 24.1 Å². The lowest BCUT2D eigenvalue weighted by Gasteiger charge is -2.12.